The molecule has 4 heterocycles. The van der Waals surface area contributed by atoms with Gasteiger partial charge in [-0.15, -0.1) is 0 Å². The van der Waals surface area contributed by atoms with Crippen LogP contribution in [0.4, 0.5) is 11.4 Å². The lowest BCUT2D eigenvalue weighted by molar-refractivity contribution is -0.151. The number of anilines is 2. The van der Waals surface area contributed by atoms with Gasteiger partial charge in [-0.3, -0.25) is 19.2 Å². The minimum Gasteiger partial charge on any atom is -0.469 e. The minimum absolute atomic E-state index is 0.0515. The van der Waals surface area contributed by atoms with Gasteiger partial charge in [0, 0.05) is 55.3 Å². The van der Waals surface area contributed by atoms with E-state index in [9.17, 15) is 29.1 Å². The molecule has 0 aromatic heterocycles. The summed E-state index contributed by atoms with van der Waals surface area (Å²) in [6.07, 6.45) is 1.05. The summed E-state index contributed by atoms with van der Waals surface area (Å²) in [4.78, 5) is 70.5. The zero-order chi connectivity index (χ0) is 35.1. The third-order valence-corrected chi connectivity index (χ3v) is 13.4. The van der Waals surface area contributed by atoms with Crippen LogP contribution in [0.2, 0.25) is 18.6 Å². The number of methoxy groups -OCH3 is 1. The number of hydrogen-bond acceptors (Lipinski definition) is 9. The van der Waals surface area contributed by atoms with Crippen molar-refractivity contribution in [3.8, 4) is 0 Å². The Kier molecular flexibility index (Phi) is 10.0. The highest BCUT2D eigenvalue weighted by molar-refractivity contribution is 6.71. The molecule has 0 aliphatic carbocycles. The Morgan fingerprint density at radius 2 is 1.88 bits per heavy atom. The van der Waals surface area contributed by atoms with Crippen molar-refractivity contribution in [3.63, 3.8) is 0 Å². The highest BCUT2D eigenvalue weighted by Crippen LogP contribution is 2.60. The number of nitrogens with zero attached hydrogens (tertiary/aromatic N) is 3. The number of aliphatic hydroxyl groups is 1. The lowest BCUT2D eigenvalue weighted by Gasteiger charge is -2.37. The number of ether oxygens (including phenoxy) is 2. The van der Waals surface area contributed by atoms with Crippen LogP contribution in [0.1, 0.15) is 49.3 Å². The van der Waals surface area contributed by atoms with Gasteiger partial charge < -0.3 is 39.4 Å². The number of aliphatic hydroxyl groups excluding tert-OH is 1. The van der Waals surface area contributed by atoms with Crippen LogP contribution in [0.25, 0.3) is 0 Å². The van der Waals surface area contributed by atoms with Crippen LogP contribution in [-0.2, 0) is 47.2 Å². The number of piperazine rings is 1. The quantitative estimate of drug-likeness (QED) is 0.194. The largest absolute Gasteiger partial charge is 0.469 e. The Hall–Kier alpha value is -3.62. The van der Waals surface area contributed by atoms with Crippen molar-refractivity contribution in [2.75, 3.05) is 49.7 Å². The van der Waals surface area contributed by atoms with E-state index >= 15 is 0 Å². The summed E-state index contributed by atoms with van der Waals surface area (Å²) in [5.41, 5.74) is 2.13. The second-order valence-corrected chi connectivity index (χ2v) is 18.3. The normalized spacial score (nSPS) is 26.7. The Morgan fingerprint density at radius 1 is 1.12 bits per heavy atom. The van der Waals surface area contributed by atoms with E-state index in [0.29, 0.717) is 62.4 Å². The summed E-state index contributed by atoms with van der Waals surface area (Å²) < 4.78 is 11.7. The van der Waals surface area contributed by atoms with E-state index in [1.165, 1.54) is 7.11 Å². The average molecular weight is 693 g/mol. The van der Waals surface area contributed by atoms with E-state index in [2.05, 4.69) is 5.32 Å². The number of carbonyl (C=O) groups is 4. The summed E-state index contributed by atoms with van der Waals surface area (Å²) in [5, 5.41) is 13.4. The second-order valence-electron chi connectivity index (χ2n) is 14.3. The SMILES string of the molecule is COC(=O)CCCCN1C(=O)[C@@]2(O[C@@H](CC(=O)N3Cc4ccccc4C[C@H]3CO)[C@H]([Si](C)(C)O)[C@H]2C)c2cc(N3CCNCC3=O)ccc21. The minimum atomic E-state index is -3.06. The van der Waals surface area contributed by atoms with Gasteiger partial charge in [0.15, 0.2) is 13.9 Å². The fourth-order valence-electron chi connectivity index (χ4n) is 8.51. The van der Waals surface area contributed by atoms with Gasteiger partial charge in [-0.1, -0.05) is 31.2 Å². The molecule has 0 radical (unpaired) electrons. The second kappa shape index (κ2) is 13.9. The van der Waals surface area contributed by atoms with Gasteiger partial charge in [-0.05, 0) is 61.7 Å². The molecule has 6 rings (SSSR count). The maximum atomic E-state index is 14.8. The number of nitrogens with one attached hydrogen (secondary N) is 1. The molecule has 13 heteroatoms. The predicted molar refractivity (Wildman–Crippen MR) is 185 cm³/mol. The molecule has 2 aromatic rings. The van der Waals surface area contributed by atoms with Crippen LogP contribution in [0.3, 0.4) is 0 Å². The number of carbonyl (C=O) groups excluding carboxylic acids is 4. The molecule has 2 fully saturated rings. The standard InChI is InChI=1S/C36H48N4O8Si/c1-23-34(49(3,4)46)30(19-31(42)40-21-25-10-6-5-9-24(25)17-27(40)22-41)48-36(23)28-18-26(38-16-14-37-20-32(38)43)12-13-29(28)39(35(36)45)15-8-7-11-33(44)47-2/h5-6,9-10,12-13,18,23,27,30,34,37,41,46H,7-8,11,14-17,19-22H2,1-4H3/t23-,27+,30+,34-,36+/m1/s1. The first-order valence-electron chi connectivity index (χ1n) is 17.3. The summed E-state index contributed by atoms with van der Waals surface area (Å²) in [6, 6.07) is 13.1. The van der Waals surface area contributed by atoms with Gasteiger partial charge in [-0.2, -0.15) is 0 Å². The van der Waals surface area contributed by atoms with Crippen molar-refractivity contribution in [3.05, 3.63) is 59.2 Å². The van der Waals surface area contributed by atoms with Crippen molar-refractivity contribution in [2.45, 2.75) is 82.0 Å². The van der Waals surface area contributed by atoms with Gasteiger partial charge in [0.25, 0.3) is 5.91 Å². The Bertz CT molecular complexity index is 1610. The van der Waals surface area contributed by atoms with Gasteiger partial charge in [-0.25, -0.2) is 0 Å². The molecular formula is C36H48N4O8Si. The van der Waals surface area contributed by atoms with Crippen LogP contribution < -0.4 is 15.1 Å². The fourth-order valence-corrected chi connectivity index (χ4v) is 11.1. The van der Waals surface area contributed by atoms with Gasteiger partial charge >= 0.3 is 5.97 Å². The zero-order valence-electron chi connectivity index (χ0n) is 28.8. The molecule has 264 valence electrons. The maximum Gasteiger partial charge on any atom is 0.305 e. The van der Waals surface area contributed by atoms with Crippen molar-refractivity contribution in [1.82, 2.24) is 10.2 Å². The van der Waals surface area contributed by atoms with Gasteiger partial charge in [0.1, 0.15) is 0 Å². The number of hydrogen-bond donors (Lipinski definition) is 3. The molecular weight excluding hydrogens is 645 g/mol. The number of amides is 3. The summed E-state index contributed by atoms with van der Waals surface area (Å²) in [7, 11) is -1.71. The van der Waals surface area contributed by atoms with Crippen LogP contribution >= 0.6 is 0 Å². The third kappa shape index (κ3) is 6.42. The number of rotatable bonds is 10. The van der Waals surface area contributed by atoms with Crippen LogP contribution in [0, 0.1) is 5.92 Å². The molecule has 2 aromatic carbocycles. The van der Waals surface area contributed by atoms with Gasteiger partial charge in [0.05, 0.1) is 44.5 Å². The van der Waals surface area contributed by atoms with E-state index in [0.717, 1.165) is 11.1 Å². The molecule has 3 N–H and O–H groups in total. The first kappa shape index (κ1) is 35.2. The molecule has 12 nitrogen and oxygen atoms in total. The van der Waals surface area contributed by atoms with Crippen molar-refractivity contribution < 1.29 is 38.6 Å². The van der Waals surface area contributed by atoms with E-state index in [1.54, 1.807) is 14.7 Å². The molecule has 0 unspecified atom stereocenters. The number of benzene rings is 2. The molecule has 1 spiro atoms. The third-order valence-electron chi connectivity index (χ3n) is 10.9. The Morgan fingerprint density at radius 3 is 2.57 bits per heavy atom. The number of unbranched alkanes of at least 4 members (excludes halogenated alkanes) is 1. The first-order valence-corrected chi connectivity index (χ1v) is 20.3. The smallest absolute Gasteiger partial charge is 0.305 e. The van der Waals surface area contributed by atoms with Crippen LogP contribution in [0.15, 0.2) is 42.5 Å². The van der Waals surface area contributed by atoms with E-state index in [-0.39, 0.29) is 55.7 Å². The molecule has 49 heavy (non-hydrogen) atoms. The lowest BCUT2D eigenvalue weighted by atomic mass is 9.82. The molecule has 0 saturated carbocycles. The van der Waals surface area contributed by atoms with E-state index < -0.39 is 31.5 Å². The predicted octanol–water partition coefficient (Wildman–Crippen LogP) is 2.45. The number of esters is 1. The Labute approximate surface area is 288 Å². The Balaban J connectivity index is 1.35. The molecule has 4 aliphatic rings. The van der Waals surface area contributed by atoms with Crippen LogP contribution in [-0.4, -0.2) is 98.9 Å². The first-order chi connectivity index (χ1) is 23.4. The van der Waals surface area contributed by atoms with Gasteiger partial charge in [0.2, 0.25) is 11.8 Å². The lowest BCUT2D eigenvalue weighted by Crippen LogP contribution is -2.48. The van der Waals surface area contributed by atoms with Crippen LogP contribution in [0.5, 0.6) is 0 Å². The highest BCUT2D eigenvalue weighted by Gasteiger charge is 2.66. The molecule has 4 aliphatic heterocycles. The number of fused-ring (bicyclic) bond motifs is 3. The topological polar surface area (TPSA) is 149 Å². The highest BCUT2D eigenvalue weighted by atomic mass is 28.4. The fraction of sp³-hybridized carbons (Fsp3) is 0.556. The van der Waals surface area contributed by atoms with E-state index in [4.69, 9.17) is 9.47 Å². The molecule has 0 bridgehead atoms. The van der Waals surface area contributed by atoms with Crippen molar-refractivity contribution in [1.29, 1.82) is 0 Å². The zero-order valence-corrected chi connectivity index (χ0v) is 29.8. The van der Waals surface area contributed by atoms with E-state index in [1.807, 2.05) is 62.5 Å². The average Bonchev–Trinajstić information content (AvgIpc) is 3.51. The van der Waals surface area contributed by atoms with Crippen molar-refractivity contribution >= 4 is 43.4 Å². The molecule has 5 atom stereocenters. The maximum absolute atomic E-state index is 14.8. The summed E-state index contributed by atoms with van der Waals surface area (Å²) in [5.74, 6) is -1.34. The van der Waals surface area contributed by atoms with Crippen molar-refractivity contribution in [2.24, 2.45) is 5.92 Å². The molecule has 3 amide bonds. The molecule has 2 saturated heterocycles. The monoisotopic (exact) mass is 692 g/mol. The summed E-state index contributed by atoms with van der Waals surface area (Å²) >= 11 is 0. The summed E-state index contributed by atoms with van der Waals surface area (Å²) in [6.45, 7) is 7.43.